The Morgan fingerprint density at radius 2 is 1.84 bits per heavy atom. The molecular weight excluding hydrogens is 494 g/mol. The molecule has 0 unspecified atom stereocenters. The third kappa shape index (κ3) is 5.09. The second kappa shape index (κ2) is 10.8. The van der Waals surface area contributed by atoms with Gasteiger partial charge in [-0.15, -0.1) is 0 Å². The molecular formula is C27H24F2N6O3. The standard InChI is InChI=1S/C27H24F2N6O3/c1-16-11-25(32-22-7-8-30-14-24(22)37-2)33-27(31-16)26-18-5-3-4-6-23(18)35(34-26)15-19-20(28)12-17(13-21(19)29)38-10-9-36/h3-8,11-14,36H,9-10,15H2,1-2H3,(H,30,31,32,33). The first-order valence-corrected chi connectivity index (χ1v) is 11.7. The number of rotatable bonds is 9. The van der Waals surface area contributed by atoms with Crippen LogP contribution in [-0.4, -0.2) is 50.2 Å². The number of para-hydroxylation sites is 1. The topological polar surface area (TPSA) is 107 Å². The molecule has 0 radical (unpaired) electrons. The molecule has 38 heavy (non-hydrogen) atoms. The number of ether oxygens (including phenoxy) is 2. The number of methoxy groups -OCH3 is 1. The molecule has 0 atom stereocenters. The van der Waals surface area contributed by atoms with Crippen LogP contribution < -0.4 is 14.8 Å². The van der Waals surface area contributed by atoms with E-state index in [1.54, 1.807) is 31.6 Å². The van der Waals surface area contributed by atoms with Gasteiger partial charge in [0.15, 0.2) is 11.6 Å². The minimum atomic E-state index is -0.774. The van der Waals surface area contributed by atoms with Crippen LogP contribution in [0, 0.1) is 18.6 Å². The SMILES string of the molecule is COc1cnccc1Nc1cc(C)nc(-c2nn(Cc3c(F)cc(OCCO)cc3F)c3ccccc23)n1. The maximum Gasteiger partial charge on any atom is 0.182 e. The number of nitrogens with zero attached hydrogens (tertiary/aromatic N) is 5. The normalized spacial score (nSPS) is 11.1. The molecule has 2 aromatic carbocycles. The van der Waals surface area contributed by atoms with Crippen LogP contribution in [0.5, 0.6) is 11.5 Å². The maximum atomic E-state index is 14.9. The summed E-state index contributed by atoms with van der Waals surface area (Å²) < 4.78 is 41.7. The number of aliphatic hydroxyl groups excluding tert-OH is 1. The van der Waals surface area contributed by atoms with Crippen LogP contribution in [0.1, 0.15) is 11.3 Å². The van der Waals surface area contributed by atoms with E-state index in [9.17, 15) is 8.78 Å². The van der Waals surface area contributed by atoms with Crippen molar-refractivity contribution in [2.45, 2.75) is 13.5 Å². The molecule has 0 aliphatic rings. The van der Waals surface area contributed by atoms with Gasteiger partial charge in [0.25, 0.3) is 0 Å². The van der Waals surface area contributed by atoms with Gasteiger partial charge in [-0.3, -0.25) is 9.67 Å². The fraction of sp³-hybridized carbons (Fsp3) is 0.185. The quantitative estimate of drug-likeness (QED) is 0.291. The van der Waals surface area contributed by atoms with Crippen molar-refractivity contribution in [2.24, 2.45) is 0 Å². The van der Waals surface area contributed by atoms with Crippen LogP contribution >= 0.6 is 0 Å². The lowest BCUT2D eigenvalue weighted by Crippen LogP contribution is -2.08. The zero-order chi connectivity index (χ0) is 26.6. The summed E-state index contributed by atoms with van der Waals surface area (Å²) in [5.74, 6) is -0.123. The Balaban J connectivity index is 1.53. The molecule has 9 nitrogen and oxygen atoms in total. The van der Waals surface area contributed by atoms with Gasteiger partial charge in [-0.2, -0.15) is 5.10 Å². The summed E-state index contributed by atoms with van der Waals surface area (Å²) in [7, 11) is 1.55. The van der Waals surface area contributed by atoms with Crippen molar-refractivity contribution in [1.29, 1.82) is 0 Å². The smallest absolute Gasteiger partial charge is 0.182 e. The van der Waals surface area contributed by atoms with Crippen molar-refractivity contribution in [1.82, 2.24) is 24.7 Å². The molecule has 0 amide bonds. The van der Waals surface area contributed by atoms with Gasteiger partial charge in [0.1, 0.15) is 35.5 Å². The summed E-state index contributed by atoms with van der Waals surface area (Å²) in [6, 6.07) is 13.1. The third-order valence-electron chi connectivity index (χ3n) is 5.77. The first kappa shape index (κ1) is 25.0. The van der Waals surface area contributed by atoms with E-state index in [0.717, 1.165) is 17.5 Å². The van der Waals surface area contributed by atoms with Gasteiger partial charge in [0.05, 0.1) is 37.7 Å². The summed E-state index contributed by atoms with van der Waals surface area (Å²) in [4.78, 5) is 13.3. The number of halogens is 2. The number of fused-ring (bicyclic) bond motifs is 1. The molecule has 0 fully saturated rings. The van der Waals surface area contributed by atoms with E-state index in [1.165, 1.54) is 4.68 Å². The fourth-order valence-corrected chi connectivity index (χ4v) is 4.06. The maximum absolute atomic E-state index is 14.9. The number of nitrogens with one attached hydrogen (secondary N) is 1. The minimum absolute atomic E-state index is 0.00262. The summed E-state index contributed by atoms with van der Waals surface area (Å²) >= 11 is 0. The molecule has 3 heterocycles. The van der Waals surface area contributed by atoms with Crippen LogP contribution in [0.2, 0.25) is 0 Å². The van der Waals surface area contributed by atoms with Crippen LogP contribution in [-0.2, 0) is 6.54 Å². The van der Waals surface area contributed by atoms with Gasteiger partial charge < -0.3 is 19.9 Å². The Hall–Kier alpha value is -4.64. The number of aliphatic hydroxyl groups is 1. The second-order valence-electron chi connectivity index (χ2n) is 8.38. The molecule has 5 aromatic rings. The Morgan fingerprint density at radius 1 is 1.05 bits per heavy atom. The molecule has 2 N–H and O–H groups in total. The van der Waals surface area contributed by atoms with Crippen molar-refractivity contribution >= 4 is 22.4 Å². The van der Waals surface area contributed by atoms with Crippen LogP contribution in [0.25, 0.3) is 22.4 Å². The first-order chi connectivity index (χ1) is 18.5. The summed E-state index contributed by atoms with van der Waals surface area (Å²) in [6.45, 7) is 1.35. The number of aryl methyl sites for hydroxylation is 1. The van der Waals surface area contributed by atoms with Crippen molar-refractivity contribution < 1.29 is 23.4 Å². The van der Waals surface area contributed by atoms with Crippen LogP contribution in [0.4, 0.5) is 20.3 Å². The van der Waals surface area contributed by atoms with E-state index in [0.29, 0.717) is 40.0 Å². The third-order valence-corrected chi connectivity index (χ3v) is 5.77. The van der Waals surface area contributed by atoms with E-state index >= 15 is 0 Å². The van der Waals surface area contributed by atoms with Gasteiger partial charge in [-0.1, -0.05) is 18.2 Å². The Bertz CT molecular complexity index is 1580. The molecule has 5 rings (SSSR count). The van der Waals surface area contributed by atoms with E-state index in [1.807, 2.05) is 31.2 Å². The van der Waals surface area contributed by atoms with Gasteiger partial charge in [0, 0.05) is 41.0 Å². The van der Waals surface area contributed by atoms with E-state index in [4.69, 9.17) is 14.6 Å². The minimum Gasteiger partial charge on any atom is -0.493 e. The molecule has 0 saturated heterocycles. The van der Waals surface area contributed by atoms with Crippen LogP contribution in [0.3, 0.4) is 0 Å². The lowest BCUT2D eigenvalue weighted by molar-refractivity contribution is 0.200. The number of hydrogen-bond acceptors (Lipinski definition) is 8. The highest BCUT2D eigenvalue weighted by molar-refractivity contribution is 5.92. The molecule has 0 saturated carbocycles. The van der Waals surface area contributed by atoms with Crippen LogP contribution in [0.15, 0.2) is 60.9 Å². The van der Waals surface area contributed by atoms with E-state index < -0.39 is 11.6 Å². The van der Waals surface area contributed by atoms with Crippen molar-refractivity contribution in [2.75, 3.05) is 25.6 Å². The van der Waals surface area contributed by atoms with E-state index in [2.05, 4.69) is 25.4 Å². The van der Waals surface area contributed by atoms with Crippen molar-refractivity contribution in [3.63, 3.8) is 0 Å². The number of anilines is 2. The largest absolute Gasteiger partial charge is 0.493 e. The Labute approximate surface area is 216 Å². The Kier molecular flexibility index (Phi) is 7.09. The zero-order valence-corrected chi connectivity index (χ0v) is 20.7. The number of benzene rings is 2. The molecule has 11 heteroatoms. The summed E-state index contributed by atoms with van der Waals surface area (Å²) in [5, 5.41) is 17.5. The monoisotopic (exact) mass is 518 g/mol. The molecule has 194 valence electrons. The Morgan fingerprint density at radius 3 is 2.61 bits per heavy atom. The molecule has 0 aliphatic heterocycles. The fourth-order valence-electron chi connectivity index (χ4n) is 4.06. The number of pyridine rings is 1. The van der Waals surface area contributed by atoms with Gasteiger partial charge in [-0.25, -0.2) is 18.7 Å². The number of hydrogen-bond donors (Lipinski definition) is 2. The molecule has 0 spiro atoms. The predicted molar refractivity (Wildman–Crippen MR) is 138 cm³/mol. The lowest BCUT2D eigenvalue weighted by Gasteiger charge is -2.11. The van der Waals surface area contributed by atoms with Crippen molar-refractivity contribution in [3.8, 4) is 23.0 Å². The predicted octanol–water partition coefficient (Wildman–Crippen LogP) is 4.65. The highest BCUT2D eigenvalue weighted by Crippen LogP contribution is 2.30. The molecule has 0 aliphatic carbocycles. The second-order valence-corrected chi connectivity index (χ2v) is 8.38. The zero-order valence-electron chi connectivity index (χ0n) is 20.7. The molecule has 0 bridgehead atoms. The highest BCUT2D eigenvalue weighted by Gasteiger charge is 2.19. The lowest BCUT2D eigenvalue weighted by atomic mass is 10.1. The summed E-state index contributed by atoms with van der Waals surface area (Å²) in [5.41, 5.74) is 2.34. The van der Waals surface area contributed by atoms with E-state index in [-0.39, 0.29) is 31.1 Å². The van der Waals surface area contributed by atoms with Gasteiger partial charge in [0.2, 0.25) is 0 Å². The van der Waals surface area contributed by atoms with Crippen molar-refractivity contribution in [3.05, 3.63) is 83.8 Å². The highest BCUT2D eigenvalue weighted by atomic mass is 19.1. The average Bonchev–Trinajstić information content (AvgIpc) is 3.28. The summed E-state index contributed by atoms with van der Waals surface area (Å²) in [6.07, 6.45) is 3.23. The van der Waals surface area contributed by atoms with Gasteiger partial charge >= 0.3 is 0 Å². The number of aromatic nitrogens is 5. The first-order valence-electron chi connectivity index (χ1n) is 11.7. The molecule has 3 aromatic heterocycles. The van der Waals surface area contributed by atoms with Gasteiger partial charge in [-0.05, 0) is 19.1 Å². The average molecular weight is 519 g/mol.